The highest BCUT2D eigenvalue weighted by Gasteiger charge is 2.14. The molecule has 2 aromatic heterocycles. The van der Waals surface area contributed by atoms with Gasteiger partial charge in [0.15, 0.2) is 0 Å². The molecule has 5 aromatic rings. The summed E-state index contributed by atoms with van der Waals surface area (Å²) < 4.78 is 0. The van der Waals surface area contributed by atoms with Crippen molar-refractivity contribution >= 4 is 11.0 Å². The van der Waals surface area contributed by atoms with E-state index in [1.807, 2.05) is 24.5 Å². The summed E-state index contributed by atoms with van der Waals surface area (Å²) in [7, 11) is 0. The number of nitrogens with one attached hydrogen (secondary N) is 1. The van der Waals surface area contributed by atoms with Crippen LogP contribution in [0.4, 0.5) is 0 Å². The van der Waals surface area contributed by atoms with Gasteiger partial charge in [-0.25, -0.2) is 4.98 Å². The van der Waals surface area contributed by atoms with Crippen LogP contribution >= 0.6 is 0 Å². The van der Waals surface area contributed by atoms with E-state index in [9.17, 15) is 0 Å². The van der Waals surface area contributed by atoms with Crippen LogP contribution in [0.15, 0.2) is 97.3 Å². The van der Waals surface area contributed by atoms with Crippen LogP contribution in [0.2, 0.25) is 0 Å². The number of aromatic amines is 1. The van der Waals surface area contributed by atoms with E-state index in [1.54, 1.807) is 0 Å². The Balaban J connectivity index is 1.74. The summed E-state index contributed by atoms with van der Waals surface area (Å²) >= 11 is 0. The number of hydrogen-bond donors (Lipinski definition) is 2. The van der Waals surface area contributed by atoms with Crippen molar-refractivity contribution in [2.75, 3.05) is 0 Å². The van der Waals surface area contributed by atoms with Gasteiger partial charge in [-0.3, -0.25) is 0 Å². The number of fused-ring (bicyclic) bond motifs is 1. The van der Waals surface area contributed by atoms with Crippen molar-refractivity contribution in [2.45, 2.75) is 6.54 Å². The summed E-state index contributed by atoms with van der Waals surface area (Å²) in [6.45, 7) is 0.510. The molecule has 2 heterocycles. The monoisotopic (exact) mass is 375 g/mol. The summed E-state index contributed by atoms with van der Waals surface area (Å²) in [5.41, 5.74) is 15.1. The predicted molar refractivity (Wildman–Crippen MR) is 120 cm³/mol. The minimum atomic E-state index is 0.510. The first-order valence-corrected chi connectivity index (χ1v) is 9.75. The highest BCUT2D eigenvalue weighted by molar-refractivity contribution is 6.04. The van der Waals surface area contributed by atoms with Crippen molar-refractivity contribution in [3.8, 4) is 33.4 Å². The fraction of sp³-hybridized carbons (Fsp3) is 0.0385. The largest absolute Gasteiger partial charge is 0.345 e. The van der Waals surface area contributed by atoms with E-state index in [0.717, 1.165) is 33.3 Å². The lowest BCUT2D eigenvalue weighted by atomic mass is 9.92. The Kier molecular flexibility index (Phi) is 4.43. The molecule has 0 amide bonds. The van der Waals surface area contributed by atoms with E-state index in [0.29, 0.717) is 6.54 Å². The Hall–Kier alpha value is -3.69. The maximum absolute atomic E-state index is 6.04. The van der Waals surface area contributed by atoms with Gasteiger partial charge < -0.3 is 10.7 Å². The van der Waals surface area contributed by atoms with E-state index in [1.165, 1.54) is 16.7 Å². The van der Waals surface area contributed by atoms with Crippen LogP contribution in [-0.4, -0.2) is 9.97 Å². The molecule has 0 aliphatic carbocycles. The fourth-order valence-electron chi connectivity index (χ4n) is 3.95. The molecular formula is C26H21N3. The van der Waals surface area contributed by atoms with E-state index in [4.69, 9.17) is 5.73 Å². The first-order chi connectivity index (χ1) is 14.3. The summed E-state index contributed by atoms with van der Waals surface area (Å²) in [6, 6.07) is 29.5. The van der Waals surface area contributed by atoms with E-state index in [2.05, 4.69) is 82.8 Å². The summed E-state index contributed by atoms with van der Waals surface area (Å²) in [4.78, 5) is 7.89. The van der Waals surface area contributed by atoms with Crippen LogP contribution in [-0.2, 0) is 6.54 Å². The molecule has 0 fully saturated rings. The normalized spacial score (nSPS) is 11.1. The molecule has 140 valence electrons. The number of rotatable bonds is 4. The Morgan fingerprint density at radius 1 is 0.690 bits per heavy atom. The van der Waals surface area contributed by atoms with Gasteiger partial charge in [0.2, 0.25) is 0 Å². The van der Waals surface area contributed by atoms with Crippen molar-refractivity contribution in [1.82, 2.24) is 9.97 Å². The van der Waals surface area contributed by atoms with Gasteiger partial charge in [-0.2, -0.15) is 0 Å². The Morgan fingerprint density at radius 3 is 2.07 bits per heavy atom. The second-order valence-corrected chi connectivity index (χ2v) is 7.09. The molecule has 0 saturated heterocycles. The molecule has 0 unspecified atom stereocenters. The number of aromatic nitrogens is 2. The second kappa shape index (κ2) is 7.38. The number of pyridine rings is 1. The SMILES string of the molecule is NCc1ccc(-c2ccnc3[nH]cc(-c4ccccc4)c23)cc1-c1ccccc1. The predicted octanol–water partition coefficient (Wildman–Crippen LogP) is 6.02. The molecule has 3 N–H and O–H groups in total. The highest BCUT2D eigenvalue weighted by Crippen LogP contribution is 2.37. The molecule has 0 aliphatic heterocycles. The van der Waals surface area contributed by atoms with Crippen molar-refractivity contribution in [2.24, 2.45) is 5.73 Å². The topological polar surface area (TPSA) is 54.7 Å². The van der Waals surface area contributed by atoms with Crippen LogP contribution in [0.5, 0.6) is 0 Å². The van der Waals surface area contributed by atoms with Crippen molar-refractivity contribution in [3.05, 3.63) is 103 Å². The fourth-order valence-corrected chi connectivity index (χ4v) is 3.95. The molecule has 0 saturated carbocycles. The van der Waals surface area contributed by atoms with Crippen molar-refractivity contribution in [3.63, 3.8) is 0 Å². The summed E-state index contributed by atoms with van der Waals surface area (Å²) in [5, 5.41) is 1.14. The number of H-pyrrole nitrogens is 1. The quantitative estimate of drug-likeness (QED) is 0.403. The zero-order valence-electron chi connectivity index (χ0n) is 16.0. The van der Waals surface area contributed by atoms with Gasteiger partial charge in [0.25, 0.3) is 0 Å². The van der Waals surface area contributed by atoms with Gasteiger partial charge in [-0.05, 0) is 45.5 Å². The third-order valence-corrected chi connectivity index (χ3v) is 5.38. The number of benzene rings is 3. The molecule has 3 nitrogen and oxygen atoms in total. The lowest BCUT2D eigenvalue weighted by molar-refractivity contribution is 1.07. The molecule has 0 aliphatic rings. The molecule has 0 atom stereocenters. The molecule has 0 radical (unpaired) electrons. The van der Waals surface area contributed by atoms with Gasteiger partial charge in [-0.1, -0.05) is 72.8 Å². The van der Waals surface area contributed by atoms with Crippen molar-refractivity contribution in [1.29, 1.82) is 0 Å². The molecule has 29 heavy (non-hydrogen) atoms. The Labute approximate surface area is 169 Å². The van der Waals surface area contributed by atoms with Gasteiger partial charge >= 0.3 is 0 Å². The van der Waals surface area contributed by atoms with Crippen LogP contribution in [0.1, 0.15) is 5.56 Å². The maximum atomic E-state index is 6.04. The number of nitrogens with zero attached hydrogens (tertiary/aromatic N) is 1. The number of nitrogens with two attached hydrogens (primary N) is 1. The number of hydrogen-bond acceptors (Lipinski definition) is 2. The van der Waals surface area contributed by atoms with Gasteiger partial charge in [-0.15, -0.1) is 0 Å². The molecule has 3 aromatic carbocycles. The van der Waals surface area contributed by atoms with Crippen LogP contribution in [0, 0.1) is 0 Å². The van der Waals surface area contributed by atoms with E-state index >= 15 is 0 Å². The second-order valence-electron chi connectivity index (χ2n) is 7.09. The van der Waals surface area contributed by atoms with Gasteiger partial charge in [0, 0.05) is 29.9 Å². The first-order valence-electron chi connectivity index (χ1n) is 9.75. The average Bonchev–Trinajstić information content (AvgIpc) is 3.24. The lowest BCUT2D eigenvalue weighted by Gasteiger charge is -2.13. The highest BCUT2D eigenvalue weighted by atomic mass is 14.8. The van der Waals surface area contributed by atoms with Crippen molar-refractivity contribution < 1.29 is 0 Å². The molecule has 0 bridgehead atoms. The zero-order valence-corrected chi connectivity index (χ0v) is 16.0. The third-order valence-electron chi connectivity index (χ3n) is 5.38. The minimum absolute atomic E-state index is 0.510. The first kappa shape index (κ1) is 17.4. The average molecular weight is 375 g/mol. The van der Waals surface area contributed by atoms with Gasteiger partial charge in [0.1, 0.15) is 5.65 Å². The van der Waals surface area contributed by atoms with E-state index in [-0.39, 0.29) is 0 Å². The standard InChI is InChI=1S/C26H21N3/c27-16-21-12-11-20(15-23(21)18-7-3-1-4-8-18)22-13-14-28-26-25(22)24(17-29-26)19-9-5-2-6-10-19/h1-15,17H,16,27H2,(H,28,29). The van der Waals surface area contributed by atoms with Crippen LogP contribution in [0.3, 0.4) is 0 Å². The summed E-state index contributed by atoms with van der Waals surface area (Å²) in [6.07, 6.45) is 3.91. The molecule has 3 heteroatoms. The molecule has 0 spiro atoms. The van der Waals surface area contributed by atoms with E-state index < -0.39 is 0 Å². The molecule has 5 rings (SSSR count). The Bertz CT molecular complexity index is 1270. The molecular weight excluding hydrogens is 354 g/mol. The van der Waals surface area contributed by atoms with Crippen LogP contribution < -0.4 is 5.73 Å². The zero-order chi connectivity index (χ0) is 19.6. The van der Waals surface area contributed by atoms with Gasteiger partial charge in [0.05, 0.1) is 0 Å². The minimum Gasteiger partial charge on any atom is -0.345 e. The lowest BCUT2D eigenvalue weighted by Crippen LogP contribution is -1.99. The summed E-state index contributed by atoms with van der Waals surface area (Å²) in [5.74, 6) is 0. The maximum Gasteiger partial charge on any atom is 0.138 e. The van der Waals surface area contributed by atoms with Crippen LogP contribution in [0.25, 0.3) is 44.4 Å². The Morgan fingerprint density at radius 2 is 1.38 bits per heavy atom. The smallest absolute Gasteiger partial charge is 0.138 e. The third kappa shape index (κ3) is 3.12.